The van der Waals surface area contributed by atoms with Crippen LogP contribution in [-0.4, -0.2) is 64.2 Å². The van der Waals surface area contributed by atoms with Gasteiger partial charge in [0, 0.05) is 35.7 Å². The summed E-state index contributed by atoms with van der Waals surface area (Å²) in [4.78, 5) is 41.3. The van der Waals surface area contributed by atoms with Crippen LogP contribution in [0.5, 0.6) is 0 Å². The van der Waals surface area contributed by atoms with Gasteiger partial charge in [0.2, 0.25) is 11.7 Å². The van der Waals surface area contributed by atoms with Crippen LogP contribution in [0.1, 0.15) is 25.3 Å². The molecular weight excluding hydrogens is 412 g/mol. The number of carbonyl (C=O) groups excluding carboxylic acids is 2. The van der Waals surface area contributed by atoms with E-state index in [0.717, 1.165) is 10.9 Å². The van der Waals surface area contributed by atoms with Gasteiger partial charge in [-0.25, -0.2) is 13.2 Å². The van der Waals surface area contributed by atoms with Crippen LogP contribution in [0.25, 0.3) is 16.4 Å². The molecule has 2 rings (SSSR count). The number of nitrogens with one attached hydrogen (secondary N) is 2. The summed E-state index contributed by atoms with van der Waals surface area (Å²) in [6.07, 6.45) is 1.54. The number of aromatic nitrogens is 1. The molecular formula is C19H22N4O6S. The molecule has 1 aromatic carbocycles. The number of nitrogens with zero attached hydrogens (tertiary/aromatic N) is 2. The van der Waals surface area contributed by atoms with Gasteiger partial charge in [-0.1, -0.05) is 25.1 Å². The zero-order valence-corrected chi connectivity index (χ0v) is 17.1. The number of fused-ring (bicyclic) bond motifs is 1. The molecule has 0 bridgehead atoms. The van der Waals surface area contributed by atoms with Gasteiger partial charge < -0.3 is 20.9 Å². The second-order valence-electron chi connectivity index (χ2n) is 6.65. The first kappa shape index (κ1) is 23.0. The Morgan fingerprint density at radius 3 is 2.63 bits per heavy atom. The Balaban J connectivity index is 2.25. The lowest BCUT2D eigenvalue weighted by atomic mass is 10.1. The molecule has 0 aliphatic heterocycles. The highest BCUT2D eigenvalue weighted by Gasteiger charge is 2.34. The zero-order valence-electron chi connectivity index (χ0n) is 16.2. The Morgan fingerprint density at radius 1 is 1.30 bits per heavy atom. The van der Waals surface area contributed by atoms with Crippen LogP contribution in [0.2, 0.25) is 0 Å². The van der Waals surface area contributed by atoms with E-state index < -0.39 is 38.8 Å². The van der Waals surface area contributed by atoms with E-state index in [2.05, 4.69) is 15.1 Å². The Labute approximate surface area is 172 Å². The molecule has 0 spiro atoms. The van der Waals surface area contributed by atoms with Crippen LogP contribution < -0.4 is 5.32 Å². The van der Waals surface area contributed by atoms with Crippen LogP contribution in [0.3, 0.4) is 0 Å². The summed E-state index contributed by atoms with van der Waals surface area (Å²) in [5, 5.41) is 10.9. The molecule has 160 valence electrons. The first-order valence-corrected chi connectivity index (χ1v) is 10.9. The number of para-hydroxylation sites is 1. The Kier molecular flexibility index (Phi) is 7.62. The first-order valence-electron chi connectivity index (χ1n) is 9.19. The van der Waals surface area contributed by atoms with Crippen molar-refractivity contribution in [3.63, 3.8) is 0 Å². The molecule has 10 nitrogen and oxygen atoms in total. The van der Waals surface area contributed by atoms with E-state index in [1.54, 1.807) is 18.3 Å². The number of carbonyl (C=O) groups is 3. The highest BCUT2D eigenvalue weighted by Crippen LogP contribution is 2.21. The minimum absolute atomic E-state index is 0.130. The van der Waals surface area contributed by atoms with Crippen molar-refractivity contribution < 1.29 is 32.7 Å². The van der Waals surface area contributed by atoms with Gasteiger partial charge in [-0.3, -0.25) is 9.59 Å². The number of rotatable bonds is 11. The number of aliphatic carboxylic acids is 1. The minimum Gasteiger partial charge on any atom is -0.480 e. The standard InChI is InChI=1S/C19H22N4O6S/c1-2-30(28,29)17(9-12-10-21-15-6-4-3-5-14(12)15)18(25)23-16(19(26)27)8-7-13(24)11-22-20/h3-6,10-11,16-17,21H,2,7-9H2,1H3,(H,23,25)(H,26,27)/t16-,17-/m0/s1. The van der Waals surface area contributed by atoms with Gasteiger partial charge in [-0.05, 0) is 18.1 Å². The normalized spacial score (nSPS) is 13.2. The number of Topliss-reactive ketones (excluding diaryl/α,β-unsaturated/α-hetero) is 1. The quantitative estimate of drug-likeness (QED) is 0.267. The molecule has 1 heterocycles. The van der Waals surface area contributed by atoms with Crippen molar-refractivity contribution in [3.8, 4) is 0 Å². The fraction of sp³-hybridized carbons (Fsp3) is 0.368. The summed E-state index contributed by atoms with van der Waals surface area (Å²) in [7, 11) is -3.86. The summed E-state index contributed by atoms with van der Waals surface area (Å²) >= 11 is 0. The van der Waals surface area contributed by atoms with E-state index in [9.17, 15) is 27.9 Å². The van der Waals surface area contributed by atoms with E-state index >= 15 is 0 Å². The van der Waals surface area contributed by atoms with Crippen molar-refractivity contribution >= 4 is 44.6 Å². The molecule has 11 heteroatoms. The van der Waals surface area contributed by atoms with Gasteiger partial charge in [-0.2, -0.15) is 4.79 Å². The van der Waals surface area contributed by atoms with Crippen molar-refractivity contribution in [3.05, 3.63) is 41.6 Å². The van der Waals surface area contributed by atoms with Gasteiger partial charge in [-0.15, -0.1) is 0 Å². The maximum absolute atomic E-state index is 12.8. The molecule has 0 saturated heterocycles. The maximum atomic E-state index is 12.8. The highest BCUT2D eigenvalue weighted by atomic mass is 32.2. The second-order valence-corrected chi connectivity index (χ2v) is 9.12. The van der Waals surface area contributed by atoms with Gasteiger partial charge >= 0.3 is 12.2 Å². The van der Waals surface area contributed by atoms with E-state index in [4.69, 9.17) is 5.53 Å². The SMILES string of the molecule is CCS(=O)(=O)[C@@H](Cc1c[nH]c2ccccc12)C(=O)N[C@@H](CCC(=O)C=[N+]=[N-])C(=O)O. The van der Waals surface area contributed by atoms with Crippen LogP contribution in [0, 0.1) is 0 Å². The summed E-state index contributed by atoms with van der Waals surface area (Å²) in [5.74, 6) is -3.28. The fourth-order valence-electron chi connectivity index (χ4n) is 3.02. The molecule has 3 N–H and O–H groups in total. The molecule has 0 saturated carbocycles. The van der Waals surface area contributed by atoms with Crippen LogP contribution in [-0.2, 0) is 30.6 Å². The molecule has 1 amide bonds. The summed E-state index contributed by atoms with van der Waals surface area (Å²) in [5.41, 5.74) is 9.74. The molecule has 0 radical (unpaired) electrons. The number of aromatic amines is 1. The molecule has 0 aliphatic carbocycles. The predicted molar refractivity (Wildman–Crippen MR) is 109 cm³/mol. The molecule has 2 aromatic rings. The Morgan fingerprint density at radius 2 is 2.00 bits per heavy atom. The van der Waals surface area contributed by atoms with E-state index in [1.165, 1.54) is 6.92 Å². The molecule has 1 aromatic heterocycles. The Bertz CT molecular complexity index is 1100. The van der Waals surface area contributed by atoms with Crippen molar-refractivity contribution in [2.24, 2.45) is 0 Å². The highest BCUT2D eigenvalue weighted by molar-refractivity contribution is 7.92. The van der Waals surface area contributed by atoms with Gasteiger partial charge in [0.05, 0.1) is 0 Å². The lowest BCUT2D eigenvalue weighted by Gasteiger charge is -2.20. The molecule has 2 atom stereocenters. The second kappa shape index (κ2) is 9.95. The van der Waals surface area contributed by atoms with Crippen molar-refractivity contribution in [2.75, 3.05) is 5.75 Å². The number of H-pyrrole nitrogens is 1. The van der Waals surface area contributed by atoms with Gasteiger partial charge in [0.15, 0.2) is 9.84 Å². The number of hydrogen-bond donors (Lipinski definition) is 3. The third-order valence-electron chi connectivity index (χ3n) is 4.70. The molecule has 0 unspecified atom stereocenters. The fourth-order valence-corrected chi connectivity index (χ4v) is 4.25. The molecule has 0 aliphatic rings. The van der Waals surface area contributed by atoms with Crippen LogP contribution in [0.4, 0.5) is 0 Å². The lowest BCUT2D eigenvalue weighted by Crippen LogP contribution is -2.49. The molecule has 0 fully saturated rings. The number of benzene rings is 1. The largest absolute Gasteiger partial charge is 0.480 e. The monoisotopic (exact) mass is 434 g/mol. The van der Waals surface area contributed by atoms with E-state index in [1.807, 2.05) is 12.1 Å². The smallest absolute Gasteiger partial charge is 0.326 e. The lowest BCUT2D eigenvalue weighted by molar-refractivity contribution is -0.142. The number of carboxylic acids is 1. The third-order valence-corrected chi connectivity index (χ3v) is 6.76. The number of amides is 1. The van der Waals surface area contributed by atoms with Crippen LogP contribution in [0.15, 0.2) is 30.5 Å². The van der Waals surface area contributed by atoms with Gasteiger partial charge in [0.25, 0.3) is 0 Å². The van der Waals surface area contributed by atoms with E-state index in [0.29, 0.717) is 11.8 Å². The van der Waals surface area contributed by atoms with Crippen molar-refractivity contribution in [1.82, 2.24) is 10.3 Å². The summed E-state index contributed by atoms with van der Waals surface area (Å²) < 4.78 is 25.2. The average molecular weight is 434 g/mol. The topological polar surface area (TPSA) is 170 Å². The maximum Gasteiger partial charge on any atom is 0.326 e. The number of carboxylic acid groups (broad SMARTS) is 1. The van der Waals surface area contributed by atoms with Crippen LogP contribution >= 0.6 is 0 Å². The van der Waals surface area contributed by atoms with E-state index in [-0.39, 0.29) is 25.0 Å². The minimum atomic E-state index is -3.86. The van der Waals surface area contributed by atoms with Gasteiger partial charge in [0.1, 0.15) is 11.3 Å². The van der Waals surface area contributed by atoms with Crippen molar-refractivity contribution in [1.29, 1.82) is 0 Å². The predicted octanol–water partition coefficient (Wildman–Crippen LogP) is 0.733. The Hall–Kier alpha value is -3.30. The first-order chi connectivity index (χ1) is 14.2. The summed E-state index contributed by atoms with van der Waals surface area (Å²) in [6.45, 7) is 1.41. The average Bonchev–Trinajstić information content (AvgIpc) is 3.12. The van der Waals surface area contributed by atoms with Crippen molar-refractivity contribution in [2.45, 2.75) is 37.5 Å². The number of sulfone groups is 1. The zero-order chi connectivity index (χ0) is 22.3. The number of hydrogen-bond acceptors (Lipinski definition) is 5. The number of ketones is 1. The summed E-state index contributed by atoms with van der Waals surface area (Å²) in [6, 6.07) is 5.75. The molecule has 30 heavy (non-hydrogen) atoms. The third kappa shape index (κ3) is 5.62.